The Morgan fingerprint density at radius 1 is 1.13 bits per heavy atom. The monoisotopic (exact) mass is 428 g/mol. The summed E-state index contributed by atoms with van der Waals surface area (Å²) < 4.78 is 25.7. The molecule has 1 saturated carbocycles. The maximum atomic E-state index is 13.2. The van der Waals surface area contributed by atoms with E-state index in [-0.39, 0.29) is 36.0 Å². The van der Waals surface area contributed by atoms with E-state index >= 15 is 0 Å². The summed E-state index contributed by atoms with van der Waals surface area (Å²) in [6.45, 7) is 2.46. The third-order valence-corrected chi connectivity index (χ3v) is 7.26. The maximum absolute atomic E-state index is 13.2. The number of nitrogens with one attached hydrogen (secondary N) is 1. The fourth-order valence-corrected chi connectivity index (χ4v) is 5.24. The quantitative estimate of drug-likeness (QED) is 0.806. The Morgan fingerprint density at radius 3 is 2.53 bits per heavy atom. The van der Waals surface area contributed by atoms with E-state index in [2.05, 4.69) is 12.2 Å². The van der Waals surface area contributed by atoms with E-state index in [1.54, 1.807) is 30.3 Å². The number of anilines is 1. The first-order valence-electron chi connectivity index (χ1n) is 10.3. The van der Waals surface area contributed by atoms with Crippen LogP contribution in [0.15, 0.2) is 47.4 Å². The van der Waals surface area contributed by atoms with E-state index in [4.69, 9.17) is 0 Å². The van der Waals surface area contributed by atoms with Crippen molar-refractivity contribution in [1.29, 1.82) is 0 Å². The molecule has 2 amide bonds. The molecule has 7 heteroatoms. The van der Waals surface area contributed by atoms with Crippen LogP contribution in [0.2, 0.25) is 0 Å². The lowest BCUT2D eigenvalue weighted by molar-refractivity contribution is -0.116. The van der Waals surface area contributed by atoms with E-state index in [1.165, 1.54) is 17.0 Å². The van der Waals surface area contributed by atoms with Crippen molar-refractivity contribution in [3.05, 3.63) is 59.4 Å². The molecule has 0 bridgehead atoms. The standard InChI is InChI=1S/C23H25FN2O3S/c1-15-2-9-19(10-3-15)25-23(28)17-6-11-21-20(12-17)26(22(27)14-30(21)29)13-16-4-7-18(24)8-5-16/h4-8,11-12,15,19H,2-3,9-10,13-14H2,1H3,(H,25,28)/t15?,19?,30-/m0/s1. The van der Waals surface area contributed by atoms with Gasteiger partial charge in [0.05, 0.1) is 27.9 Å². The Balaban J connectivity index is 1.58. The van der Waals surface area contributed by atoms with Gasteiger partial charge in [0.1, 0.15) is 11.6 Å². The molecule has 5 nitrogen and oxygen atoms in total. The van der Waals surface area contributed by atoms with Crippen molar-refractivity contribution in [2.75, 3.05) is 10.7 Å². The average molecular weight is 429 g/mol. The Bertz CT molecular complexity index is 984. The van der Waals surface area contributed by atoms with Gasteiger partial charge in [-0.1, -0.05) is 19.1 Å². The summed E-state index contributed by atoms with van der Waals surface area (Å²) in [7, 11) is -1.44. The normalized spacial score (nSPS) is 23.7. The van der Waals surface area contributed by atoms with Crippen LogP contribution in [0.1, 0.15) is 48.5 Å². The molecule has 2 aromatic rings. The Morgan fingerprint density at radius 2 is 1.83 bits per heavy atom. The van der Waals surface area contributed by atoms with Gasteiger partial charge >= 0.3 is 0 Å². The molecular weight excluding hydrogens is 403 g/mol. The molecule has 1 fully saturated rings. The first-order chi connectivity index (χ1) is 14.4. The first kappa shape index (κ1) is 20.7. The second-order valence-electron chi connectivity index (χ2n) is 8.21. The number of benzene rings is 2. The number of rotatable bonds is 4. The molecule has 0 saturated heterocycles. The number of hydrogen-bond donors (Lipinski definition) is 1. The lowest BCUT2D eigenvalue weighted by Crippen LogP contribution is -2.39. The van der Waals surface area contributed by atoms with Crippen LogP contribution in [0.5, 0.6) is 0 Å². The largest absolute Gasteiger partial charge is 0.349 e. The zero-order valence-electron chi connectivity index (χ0n) is 16.9. The summed E-state index contributed by atoms with van der Waals surface area (Å²) in [5, 5.41) is 3.10. The third-order valence-electron chi connectivity index (χ3n) is 5.92. The SMILES string of the molecule is CC1CCC(NC(=O)c2ccc3c(c2)N(Cc2ccc(F)cc2)C(=O)C[S@@]3=O)CC1. The van der Waals surface area contributed by atoms with Gasteiger partial charge in [-0.05, 0) is 67.5 Å². The molecule has 30 heavy (non-hydrogen) atoms. The van der Waals surface area contributed by atoms with Crippen LogP contribution in [0, 0.1) is 11.7 Å². The lowest BCUT2D eigenvalue weighted by atomic mass is 9.87. The van der Waals surface area contributed by atoms with E-state index in [1.807, 2.05) is 0 Å². The number of hydrogen-bond acceptors (Lipinski definition) is 3. The van der Waals surface area contributed by atoms with Crippen molar-refractivity contribution in [3.8, 4) is 0 Å². The average Bonchev–Trinajstić information content (AvgIpc) is 2.73. The van der Waals surface area contributed by atoms with Crippen LogP contribution in [0.4, 0.5) is 10.1 Å². The highest BCUT2D eigenvalue weighted by Gasteiger charge is 2.30. The topological polar surface area (TPSA) is 66.5 Å². The zero-order chi connectivity index (χ0) is 21.3. The van der Waals surface area contributed by atoms with Gasteiger partial charge in [0.15, 0.2) is 0 Å². The van der Waals surface area contributed by atoms with Crippen molar-refractivity contribution < 1.29 is 18.2 Å². The Labute approximate surface area is 178 Å². The lowest BCUT2D eigenvalue weighted by Gasteiger charge is -2.30. The number of nitrogens with zero attached hydrogens (tertiary/aromatic N) is 1. The highest BCUT2D eigenvalue weighted by molar-refractivity contribution is 7.86. The first-order valence-corrected chi connectivity index (χ1v) is 11.6. The summed E-state index contributed by atoms with van der Waals surface area (Å²) in [5.74, 6) is -0.198. The van der Waals surface area contributed by atoms with Gasteiger partial charge < -0.3 is 10.2 Å². The highest BCUT2D eigenvalue weighted by atomic mass is 32.2. The summed E-state index contributed by atoms with van der Waals surface area (Å²) in [6, 6.07) is 11.1. The molecule has 1 aliphatic carbocycles. The number of fused-ring (bicyclic) bond motifs is 1. The van der Waals surface area contributed by atoms with Gasteiger partial charge in [0.25, 0.3) is 5.91 Å². The van der Waals surface area contributed by atoms with Gasteiger partial charge in [-0.2, -0.15) is 0 Å². The fourth-order valence-electron chi connectivity index (χ4n) is 4.08. The van der Waals surface area contributed by atoms with Crippen LogP contribution < -0.4 is 10.2 Å². The van der Waals surface area contributed by atoms with Crippen molar-refractivity contribution in [2.45, 2.75) is 50.1 Å². The van der Waals surface area contributed by atoms with Gasteiger partial charge in [-0.3, -0.25) is 13.8 Å². The van der Waals surface area contributed by atoms with Crippen LogP contribution >= 0.6 is 0 Å². The summed E-state index contributed by atoms with van der Waals surface area (Å²) in [6.07, 6.45) is 4.15. The minimum atomic E-state index is -1.44. The minimum absolute atomic E-state index is 0.0972. The third kappa shape index (κ3) is 4.46. The van der Waals surface area contributed by atoms with Crippen LogP contribution in [0.25, 0.3) is 0 Å². The Hall–Kier alpha value is -2.54. The highest BCUT2D eigenvalue weighted by Crippen LogP contribution is 2.32. The predicted molar refractivity (Wildman–Crippen MR) is 114 cm³/mol. The zero-order valence-corrected chi connectivity index (χ0v) is 17.7. The molecule has 158 valence electrons. The van der Waals surface area contributed by atoms with E-state index in [0.29, 0.717) is 22.1 Å². The minimum Gasteiger partial charge on any atom is -0.349 e. The molecule has 0 spiro atoms. The second kappa shape index (κ2) is 8.68. The number of amides is 2. The molecule has 2 aromatic carbocycles. The second-order valence-corrected chi connectivity index (χ2v) is 9.63. The maximum Gasteiger partial charge on any atom is 0.251 e. The smallest absolute Gasteiger partial charge is 0.251 e. The molecule has 1 atom stereocenters. The molecule has 2 aliphatic rings. The molecular formula is C23H25FN2O3S. The predicted octanol–water partition coefficient (Wildman–Crippen LogP) is 3.79. The summed E-state index contributed by atoms with van der Waals surface area (Å²) >= 11 is 0. The van der Waals surface area contributed by atoms with Gasteiger partial charge in [-0.25, -0.2) is 4.39 Å². The van der Waals surface area contributed by atoms with Crippen molar-refractivity contribution in [3.63, 3.8) is 0 Å². The van der Waals surface area contributed by atoms with E-state index in [9.17, 15) is 18.2 Å². The number of carbonyl (C=O) groups is 2. The molecule has 4 rings (SSSR count). The van der Waals surface area contributed by atoms with Gasteiger partial charge in [-0.15, -0.1) is 0 Å². The molecule has 0 unspecified atom stereocenters. The molecule has 1 aliphatic heterocycles. The van der Waals surface area contributed by atoms with Crippen LogP contribution in [0.3, 0.4) is 0 Å². The van der Waals surface area contributed by atoms with Gasteiger partial charge in [0, 0.05) is 11.6 Å². The number of halogens is 1. The fraction of sp³-hybridized carbons (Fsp3) is 0.391. The molecule has 0 aromatic heterocycles. The Kier molecular flexibility index (Phi) is 5.99. The molecule has 0 radical (unpaired) electrons. The number of carbonyl (C=O) groups excluding carboxylic acids is 2. The molecule has 1 N–H and O–H groups in total. The molecule has 1 heterocycles. The van der Waals surface area contributed by atoms with E-state index < -0.39 is 10.8 Å². The summed E-state index contributed by atoms with van der Waals surface area (Å²) in [5.41, 5.74) is 1.69. The van der Waals surface area contributed by atoms with Gasteiger partial charge in [0.2, 0.25) is 5.91 Å². The summed E-state index contributed by atoms with van der Waals surface area (Å²) in [4.78, 5) is 27.5. The van der Waals surface area contributed by atoms with E-state index in [0.717, 1.165) is 31.2 Å². The van der Waals surface area contributed by atoms with Crippen molar-refractivity contribution in [2.24, 2.45) is 5.92 Å². The van der Waals surface area contributed by atoms with Crippen molar-refractivity contribution >= 4 is 28.3 Å². The van der Waals surface area contributed by atoms with Crippen molar-refractivity contribution in [1.82, 2.24) is 5.32 Å². The van der Waals surface area contributed by atoms with Crippen LogP contribution in [-0.2, 0) is 22.1 Å². The van der Waals surface area contributed by atoms with Crippen LogP contribution in [-0.4, -0.2) is 27.8 Å².